The van der Waals surface area contributed by atoms with Gasteiger partial charge in [0, 0.05) is 53.8 Å². The van der Waals surface area contributed by atoms with Crippen molar-refractivity contribution in [3.63, 3.8) is 0 Å². The number of nitrogens with zero attached hydrogens (tertiary/aromatic N) is 2. The number of carboxylic acids is 1. The Morgan fingerprint density at radius 3 is 2.19 bits per heavy atom. The molecule has 2 aliphatic rings. The number of amides is 1. The van der Waals surface area contributed by atoms with E-state index in [1.54, 1.807) is 23.2 Å². The van der Waals surface area contributed by atoms with Crippen molar-refractivity contribution in [1.29, 1.82) is 0 Å². The Hall–Kier alpha value is -3.23. The standard InChI is InChI=1S/C29H32F6N4O3S/c1-38-13-15-39(16-14-38)37-24(40)12-8-18-7-11-23(26(29(33,34)35)25(18)28(30,31)32)43-22-4-2-3-21(17-22)36-20-9-5-19(6-10-20)27(41)42/h2-4,7-8,11-12,17,19-20,36H,5-6,9-10,13-16H2,1H3,(H,37,40)(H,41,42)/b12-8+/t19-,20+. The number of alkyl halides is 6. The highest BCUT2D eigenvalue weighted by molar-refractivity contribution is 7.99. The van der Waals surface area contributed by atoms with Crippen LogP contribution in [-0.4, -0.2) is 66.2 Å². The molecule has 7 nitrogen and oxygen atoms in total. The summed E-state index contributed by atoms with van der Waals surface area (Å²) in [6, 6.07) is 8.22. The van der Waals surface area contributed by atoms with Crippen LogP contribution in [0.3, 0.4) is 0 Å². The molecule has 234 valence electrons. The topological polar surface area (TPSA) is 84.9 Å². The van der Waals surface area contributed by atoms with Crippen LogP contribution in [0, 0.1) is 5.92 Å². The zero-order valence-electron chi connectivity index (χ0n) is 23.3. The highest BCUT2D eigenvalue weighted by Crippen LogP contribution is 2.48. The molecule has 1 saturated carbocycles. The van der Waals surface area contributed by atoms with Gasteiger partial charge in [-0.05, 0) is 68.6 Å². The lowest BCUT2D eigenvalue weighted by atomic mass is 9.86. The summed E-state index contributed by atoms with van der Waals surface area (Å²) in [6.45, 7) is 2.33. The SMILES string of the molecule is CN1CCN(NC(=O)/C=C/c2ccc(Sc3cccc(N[C@H]4CC[C@@H](C(=O)O)CC4)c3)c(C(F)(F)F)c2C(F)(F)F)CC1. The van der Waals surface area contributed by atoms with Crippen LogP contribution in [0.2, 0.25) is 0 Å². The summed E-state index contributed by atoms with van der Waals surface area (Å²) < 4.78 is 85.3. The number of piperazine rings is 1. The first-order valence-corrected chi connectivity index (χ1v) is 14.5. The van der Waals surface area contributed by atoms with Crippen molar-refractivity contribution in [2.75, 3.05) is 38.5 Å². The molecule has 1 aliphatic heterocycles. The van der Waals surface area contributed by atoms with Crippen LogP contribution in [0.15, 0.2) is 52.3 Å². The smallest absolute Gasteiger partial charge is 0.418 e. The molecule has 0 aromatic heterocycles. The fourth-order valence-corrected chi connectivity index (χ4v) is 6.23. The minimum atomic E-state index is -5.35. The molecule has 2 aromatic carbocycles. The molecule has 1 amide bonds. The lowest BCUT2D eigenvalue weighted by molar-refractivity contribution is -0.163. The first-order valence-electron chi connectivity index (χ1n) is 13.7. The maximum atomic E-state index is 14.3. The molecule has 3 N–H and O–H groups in total. The Bertz CT molecular complexity index is 1330. The van der Waals surface area contributed by atoms with Crippen molar-refractivity contribution < 1.29 is 41.0 Å². The minimum absolute atomic E-state index is 0.0297. The average Bonchev–Trinajstić information content (AvgIpc) is 2.93. The Balaban J connectivity index is 1.56. The van der Waals surface area contributed by atoms with E-state index in [0.717, 1.165) is 24.3 Å². The number of carboxylic acid groups (broad SMARTS) is 1. The van der Waals surface area contributed by atoms with Crippen LogP contribution in [0.1, 0.15) is 42.4 Å². The number of hydrogen-bond acceptors (Lipinski definition) is 6. The zero-order chi connectivity index (χ0) is 31.4. The summed E-state index contributed by atoms with van der Waals surface area (Å²) in [5, 5.41) is 14.0. The number of carbonyl (C=O) groups excluding carboxylic acids is 1. The molecule has 0 atom stereocenters. The summed E-state index contributed by atoms with van der Waals surface area (Å²) in [7, 11) is 1.91. The Morgan fingerprint density at radius 2 is 1.58 bits per heavy atom. The number of likely N-dealkylation sites (N-methyl/N-ethyl adjacent to an activating group) is 1. The second-order valence-electron chi connectivity index (χ2n) is 10.7. The maximum Gasteiger partial charge on any atom is 0.418 e. The number of nitrogens with one attached hydrogen (secondary N) is 2. The highest BCUT2D eigenvalue weighted by Gasteiger charge is 2.46. The van der Waals surface area contributed by atoms with Crippen molar-refractivity contribution >= 4 is 35.4 Å². The van der Waals surface area contributed by atoms with Gasteiger partial charge in [0.05, 0.1) is 17.0 Å². The molecule has 4 rings (SSSR count). The molecule has 14 heteroatoms. The monoisotopic (exact) mass is 630 g/mol. The van der Waals surface area contributed by atoms with E-state index in [2.05, 4.69) is 10.7 Å². The van der Waals surface area contributed by atoms with Crippen LogP contribution >= 0.6 is 11.8 Å². The number of hydrogen-bond donors (Lipinski definition) is 3. The molecule has 1 aliphatic carbocycles. The molecule has 0 unspecified atom stereocenters. The van der Waals surface area contributed by atoms with Gasteiger partial charge in [0.15, 0.2) is 0 Å². The van der Waals surface area contributed by atoms with Gasteiger partial charge >= 0.3 is 18.3 Å². The summed E-state index contributed by atoms with van der Waals surface area (Å²) in [6.07, 6.45) is -6.95. The Labute approximate surface area is 249 Å². The van der Waals surface area contributed by atoms with Crippen LogP contribution < -0.4 is 10.7 Å². The largest absolute Gasteiger partial charge is 0.481 e. The molecule has 2 aromatic rings. The third-order valence-electron chi connectivity index (χ3n) is 7.46. The van der Waals surface area contributed by atoms with Gasteiger partial charge in [-0.3, -0.25) is 15.0 Å². The third-order valence-corrected chi connectivity index (χ3v) is 8.51. The first kappa shape index (κ1) is 32.7. The normalized spacial score (nSPS) is 20.7. The summed E-state index contributed by atoms with van der Waals surface area (Å²) >= 11 is 0.557. The van der Waals surface area contributed by atoms with Gasteiger partial charge in [-0.15, -0.1) is 0 Å². The number of rotatable bonds is 8. The third kappa shape index (κ3) is 8.89. The van der Waals surface area contributed by atoms with Gasteiger partial charge in [0.2, 0.25) is 0 Å². The molecule has 2 fully saturated rings. The second-order valence-corrected chi connectivity index (χ2v) is 11.8. The zero-order valence-corrected chi connectivity index (χ0v) is 24.1. The second kappa shape index (κ2) is 13.6. The maximum absolute atomic E-state index is 14.3. The summed E-state index contributed by atoms with van der Waals surface area (Å²) in [5.74, 6) is -2.00. The lowest BCUT2D eigenvalue weighted by Gasteiger charge is -2.32. The number of halogens is 6. The van der Waals surface area contributed by atoms with Gasteiger partial charge in [0.25, 0.3) is 5.91 Å². The van der Waals surface area contributed by atoms with Crippen LogP contribution in [-0.2, 0) is 21.9 Å². The minimum Gasteiger partial charge on any atom is -0.481 e. The number of benzene rings is 2. The fraction of sp³-hybridized carbons (Fsp3) is 0.448. The van der Waals surface area contributed by atoms with Crippen molar-refractivity contribution in [3.05, 3.63) is 59.2 Å². The van der Waals surface area contributed by atoms with Crippen LogP contribution in [0.25, 0.3) is 6.08 Å². The Morgan fingerprint density at radius 1 is 0.930 bits per heavy atom. The van der Waals surface area contributed by atoms with Crippen molar-refractivity contribution in [2.45, 2.75) is 53.9 Å². The van der Waals surface area contributed by atoms with E-state index in [0.29, 0.717) is 69.3 Å². The van der Waals surface area contributed by atoms with E-state index in [4.69, 9.17) is 0 Å². The van der Waals surface area contributed by atoms with E-state index in [1.165, 1.54) is 6.07 Å². The van der Waals surface area contributed by atoms with Gasteiger partial charge < -0.3 is 15.3 Å². The Kier molecular flexibility index (Phi) is 10.3. The molecular weight excluding hydrogens is 598 g/mol. The van der Waals surface area contributed by atoms with Crippen molar-refractivity contribution in [2.24, 2.45) is 5.92 Å². The van der Waals surface area contributed by atoms with Gasteiger partial charge in [0.1, 0.15) is 0 Å². The van der Waals surface area contributed by atoms with E-state index in [-0.39, 0.29) is 10.9 Å². The van der Waals surface area contributed by atoms with Gasteiger partial charge in [-0.2, -0.15) is 26.3 Å². The van der Waals surface area contributed by atoms with Crippen molar-refractivity contribution in [3.8, 4) is 0 Å². The van der Waals surface area contributed by atoms with E-state index < -0.39 is 51.7 Å². The number of carbonyl (C=O) groups is 2. The predicted molar refractivity (Wildman–Crippen MR) is 150 cm³/mol. The molecular formula is C29H32F6N4O3S. The highest BCUT2D eigenvalue weighted by atomic mass is 32.2. The molecule has 1 saturated heterocycles. The van der Waals surface area contributed by atoms with Gasteiger partial charge in [-0.25, -0.2) is 5.01 Å². The average molecular weight is 631 g/mol. The van der Waals surface area contributed by atoms with Crippen LogP contribution in [0.4, 0.5) is 32.0 Å². The van der Waals surface area contributed by atoms with Crippen LogP contribution in [0.5, 0.6) is 0 Å². The first-order chi connectivity index (χ1) is 20.2. The van der Waals surface area contributed by atoms with E-state index in [1.807, 2.05) is 11.9 Å². The number of aliphatic carboxylic acids is 1. The fourth-order valence-electron chi connectivity index (χ4n) is 5.18. The summed E-state index contributed by atoms with van der Waals surface area (Å²) in [4.78, 5) is 25.2. The summed E-state index contributed by atoms with van der Waals surface area (Å²) in [5.41, 5.74) is -1.35. The lowest BCUT2D eigenvalue weighted by Crippen LogP contribution is -2.52. The molecule has 0 bridgehead atoms. The predicted octanol–water partition coefficient (Wildman–Crippen LogP) is 6.22. The quantitative estimate of drug-likeness (QED) is 0.236. The molecule has 0 spiro atoms. The molecule has 1 heterocycles. The van der Waals surface area contributed by atoms with E-state index in [9.17, 15) is 41.0 Å². The number of anilines is 1. The molecule has 43 heavy (non-hydrogen) atoms. The molecule has 0 radical (unpaired) electrons. The number of hydrazine groups is 1. The van der Waals surface area contributed by atoms with Crippen molar-refractivity contribution in [1.82, 2.24) is 15.3 Å². The van der Waals surface area contributed by atoms with Gasteiger partial charge in [-0.1, -0.05) is 23.9 Å². The van der Waals surface area contributed by atoms with E-state index >= 15 is 0 Å².